The molecule has 168 valence electrons. The van der Waals surface area contributed by atoms with E-state index in [1.54, 1.807) is 47.4 Å². The van der Waals surface area contributed by atoms with Crippen molar-refractivity contribution in [3.8, 4) is 0 Å². The van der Waals surface area contributed by atoms with Crippen molar-refractivity contribution < 1.29 is 18.0 Å². The Morgan fingerprint density at radius 3 is 2.45 bits per heavy atom. The highest BCUT2D eigenvalue weighted by Crippen LogP contribution is 2.37. The van der Waals surface area contributed by atoms with Crippen LogP contribution in [0.25, 0.3) is 0 Å². The summed E-state index contributed by atoms with van der Waals surface area (Å²) in [4.78, 5) is 27.4. The van der Waals surface area contributed by atoms with E-state index in [0.29, 0.717) is 23.6 Å². The molecule has 0 unspecified atom stereocenters. The van der Waals surface area contributed by atoms with Crippen LogP contribution in [0.5, 0.6) is 0 Å². The quantitative estimate of drug-likeness (QED) is 0.519. The highest BCUT2D eigenvalue weighted by Gasteiger charge is 2.36. The number of ketones is 1. The summed E-state index contributed by atoms with van der Waals surface area (Å²) >= 11 is 6.10. The van der Waals surface area contributed by atoms with E-state index in [1.807, 2.05) is 0 Å². The molecule has 1 N–H and O–H groups in total. The second-order valence-electron chi connectivity index (χ2n) is 8.30. The molecule has 5 rings (SSSR count). The summed E-state index contributed by atoms with van der Waals surface area (Å²) in [6.45, 7) is 0.564. The molecule has 0 atom stereocenters. The van der Waals surface area contributed by atoms with E-state index >= 15 is 0 Å². The average Bonchev–Trinajstić information content (AvgIpc) is 3.58. The van der Waals surface area contributed by atoms with E-state index in [9.17, 15) is 18.0 Å². The van der Waals surface area contributed by atoms with E-state index in [4.69, 9.17) is 11.6 Å². The van der Waals surface area contributed by atoms with Crippen molar-refractivity contribution in [2.45, 2.75) is 24.2 Å². The van der Waals surface area contributed by atoms with Gasteiger partial charge in [-0.25, -0.2) is 8.42 Å². The number of benzene rings is 3. The fraction of sp³-hybridized carbons (Fsp3) is 0.200. The molecule has 33 heavy (non-hydrogen) atoms. The van der Waals surface area contributed by atoms with Crippen molar-refractivity contribution in [2.24, 2.45) is 5.92 Å². The summed E-state index contributed by atoms with van der Waals surface area (Å²) in [5.74, 6) is -0.113. The van der Waals surface area contributed by atoms with Crippen LogP contribution >= 0.6 is 11.6 Å². The highest BCUT2D eigenvalue weighted by atomic mass is 35.5. The third-order valence-electron chi connectivity index (χ3n) is 5.96. The first-order valence-electron chi connectivity index (χ1n) is 10.7. The molecule has 3 aromatic rings. The fourth-order valence-corrected chi connectivity index (χ4v) is 5.37. The maximum Gasteiger partial charge on any atom is 0.261 e. The zero-order valence-corrected chi connectivity index (χ0v) is 19.2. The molecule has 0 spiro atoms. The minimum absolute atomic E-state index is 0.0787. The zero-order chi connectivity index (χ0) is 23.2. The van der Waals surface area contributed by atoms with Crippen molar-refractivity contribution >= 4 is 44.7 Å². The molecule has 1 fully saturated rings. The maximum atomic E-state index is 13.2. The summed E-state index contributed by atoms with van der Waals surface area (Å²) < 4.78 is 28.9. The number of hydrogen-bond acceptors (Lipinski definition) is 4. The SMILES string of the molecule is O=C(c1ccccc1)c1cc(Cl)ccc1NS(=O)(=O)c1ccc2c(c1)CCN2C(=O)C1CC1. The number of carbonyl (C=O) groups is 2. The minimum Gasteiger partial charge on any atom is -0.312 e. The van der Waals surface area contributed by atoms with Gasteiger partial charge >= 0.3 is 0 Å². The van der Waals surface area contributed by atoms with Gasteiger partial charge in [-0.2, -0.15) is 0 Å². The summed E-state index contributed by atoms with van der Waals surface area (Å²) in [6, 6.07) is 17.9. The van der Waals surface area contributed by atoms with Crippen LogP contribution in [-0.2, 0) is 21.2 Å². The van der Waals surface area contributed by atoms with Crippen LogP contribution in [0.1, 0.15) is 34.3 Å². The largest absolute Gasteiger partial charge is 0.312 e. The molecule has 1 saturated carbocycles. The molecule has 1 aliphatic heterocycles. The molecular weight excluding hydrogens is 460 g/mol. The van der Waals surface area contributed by atoms with Gasteiger partial charge in [-0.1, -0.05) is 41.9 Å². The highest BCUT2D eigenvalue weighted by molar-refractivity contribution is 7.92. The third kappa shape index (κ3) is 4.26. The number of halogens is 1. The van der Waals surface area contributed by atoms with Crippen molar-refractivity contribution in [2.75, 3.05) is 16.2 Å². The van der Waals surface area contributed by atoms with Gasteiger partial charge in [-0.3, -0.25) is 14.3 Å². The lowest BCUT2D eigenvalue weighted by atomic mass is 10.0. The molecule has 0 radical (unpaired) electrons. The van der Waals surface area contributed by atoms with Crippen LogP contribution in [-0.4, -0.2) is 26.7 Å². The predicted octanol–water partition coefficient (Wildman–Crippen LogP) is 4.67. The van der Waals surface area contributed by atoms with Gasteiger partial charge in [0, 0.05) is 34.3 Å². The topological polar surface area (TPSA) is 83.6 Å². The fourth-order valence-electron chi connectivity index (χ4n) is 4.07. The number of anilines is 2. The van der Waals surface area contributed by atoms with Crippen molar-refractivity contribution in [3.63, 3.8) is 0 Å². The number of hydrogen-bond donors (Lipinski definition) is 1. The lowest BCUT2D eigenvalue weighted by Crippen LogP contribution is -2.30. The van der Waals surface area contributed by atoms with Crippen LogP contribution in [0.4, 0.5) is 11.4 Å². The van der Waals surface area contributed by atoms with Gasteiger partial charge in [0.15, 0.2) is 5.78 Å². The van der Waals surface area contributed by atoms with Crippen LogP contribution < -0.4 is 9.62 Å². The monoisotopic (exact) mass is 480 g/mol. The molecule has 0 bridgehead atoms. The second kappa shape index (κ2) is 8.32. The number of carbonyl (C=O) groups excluding carboxylic acids is 2. The molecule has 0 aromatic heterocycles. The lowest BCUT2D eigenvalue weighted by molar-refractivity contribution is -0.119. The zero-order valence-electron chi connectivity index (χ0n) is 17.6. The first-order chi connectivity index (χ1) is 15.8. The van der Waals surface area contributed by atoms with Gasteiger partial charge in [0.05, 0.1) is 10.6 Å². The molecule has 2 aliphatic rings. The smallest absolute Gasteiger partial charge is 0.261 e. The van der Waals surface area contributed by atoms with Gasteiger partial charge in [0.1, 0.15) is 0 Å². The number of nitrogens with zero attached hydrogens (tertiary/aromatic N) is 1. The lowest BCUT2D eigenvalue weighted by Gasteiger charge is -2.17. The van der Waals surface area contributed by atoms with E-state index < -0.39 is 10.0 Å². The summed E-state index contributed by atoms with van der Waals surface area (Å²) in [5.41, 5.74) is 2.35. The van der Waals surface area contributed by atoms with E-state index in [2.05, 4.69) is 4.72 Å². The summed E-state index contributed by atoms with van der Waals surface area (Å²) in [6.07, 6.45) is 2.45. The predicted molar refractivity (Wildman–Crippen MR) is 127 cm³/mol. The molecule has 0 saturated heterocycles. The van der Waals surface area contributed by atoms with Crippen LogP contribution in [0.3, 0.4) is 0 Å². The maximum absolute atomic E-state index is 13.2. The number of nitrogens with one attached hydrogen (secondary N) is 1. The Kier molecular flexibility index (Phi) is 5.46. The Balaban J connectivity index is 1.44. The molecule has 8 heteroatoms. The van der Waals surface area contributed by atoms with Crippen LogP contribution in [0.2, 0.25) is 5.02 Å². The van der Waals surface area contributed by atoms with Crippen LogP contribution in [0, 0.1) is 5.92 Å². The molecule has 1 aliphatic carbocycles. The first kappa shape index (κ1) is 21.7. The van der Waals surface area contributed by atoms with Crippen molar-refractivity contribution in [1.82, 2.24) is 0 Å². The third-order valence-corrected chi connectivity index (χ3v) is 7.55. The molecule has 1 amide bonds. The standard InChI is InChI=1S/C25H21ClN2O4S/c26-19-8-10-22(21(15-19)24(29)16-4-2-1-3-5-16)27-33(31,32)20-9-11-23-18(14-20)12-13-28(23)25(30)17-6-7-17/h1-5,8-11,14-15,17,27H,6-7,12-13H2. The van der Waals surface area contributed by atoms with Gasteiger partial charge in [0.25, 0.3) is 10.0 Å². The minimum atomic E-state index is -3.98. The Labute approximate surface area is 197 Å². The van der Waals surface area contributed by atoms with Crippen molar-refractivity contribution in [3.05, 3.63) is 88.4 Å². The Morgan fingerprint density at radius 2 is 1.73 bits per heavy atom. The van der Waals surface area contributed by atoms with E-state index in [1.165, 1.54) is 24.3 Å². The van der Waals surface area contributed by atoms with Gasteiger partial charge in [0.2, 0.25) is 5.91 Å². The van der Waals surface area contributed by atoms with Crippen molar-refractivity contribution in [1.29, 1.82) is 0 Å². The van der Waals surface area contributed by atoms with E-state index in [-0.39, 0.29) is 33.8 Å². The molecule has 1 heterocycles. The number of fused-ring (bicyclic) bond motifs is 1. The normalized spacial score (nSPS) is 15.2. The molecule has 6 nitrogen and oxygen atoms in total. The summed E-state index contributed by atoms with van der Waals surface area (Å²) in [5, 5.41) is 0.329. The number of sulfonamides is 1. The van der Waals surface area contributed by atoms with Gasteiger partial charge in [-0.15, -0.1) is 0 Å². The second-order valence-corrected chi connectivity index (χ2v) is 10.4. The Morgan fingerprint density at radius 1 is 0.970 bits per heavy atom. The molecular formula is C25H21ClN2O4S. The van der Waals surface area contributed by atoms with Gasteiger partial charge in [-0.05, 0) is 61.2 Å². The first-order valence-corrected chi connectivity index (χ1v) is 12.6. The van der Waals surface area contributed by atoms with Gasteiger partial charge < -0.3 is 4.90 Å². The number of amides is 1. The molecule has 3 aromatic carbocycles. The summed E-state index contributed by atoms with van der Waals surface area (Å²) in [7, 11) is -3.98. The van der Waals surface area contributed by atoms with E-state index in [0.717, 1.165) is 24.1 Å². The number of rotatable bonds is 6. The Hall–Kier alpha value is -3.16. The average molecular weight is 481 g/mol. The van der Waals surface area contributed by atoms with Crippen LogP contribution in [0.15, 0.2) is 71.6 Å². The Bertz CT molecular complexity index is 1370.